The average molecular weight is 295 g/mol. The van der Waals surface area contributed by atoms with E-state index in [1.54, 1.807) is 18.0 Å². The first-order chi connectivity index (χ1) is 9.46. The van der Waals surface area contributed by atoms with Crippen molar-refractivity contribution in [1.82, 2.24) is 35.1 Å². The van der Waals surface area contributed by atoms with Gasteiger partial charge in [-0.3, -0.25) is 0 Å². The number of hydrogen-bond donors (Lipinski definition) is 1. The Labute approximate surface area is 123 Å². The Morgan fingerprint density at radius 2 is 2.15 bits per heavy atom. The van der Waals surface area contributed by atoms with E-state index in [0.717, 1.165) is 29.8 Å². The standard InChI is InChI=1S/C12H21N7S/c1-12(2,3)14-6-8-19-11(15-16-17-19)20-9-10-13-5-7-18(10)4/h5,7,14H,6,8-9H2,1-4H3. The van der Waals surface area contributed by atoms with Crippen molar-refractivity contribution in [3.8, 4) is 0 Å². The van der Waals surface area contributed by atoms with Crippen LogP contribution in [0.5, 0.6) is 0 Å². The van der Waals surface area contributed by atoms with Crippen molar-refractivity contribution in [2.75, 3.05) is 6.54 Å². The Balaban J connectivity index is 1.87. The molecule has 0 bridgehead atoms. The van der Waals surface area contributed by atoms with Crippen LogP contribution in [0.15, 0.2) is 17.6 Å². The smallest absolute Gasteiger partial charge is 0.209 e. The maximum Gasteiger partial charge on any atom is 0.209 e. The molecule has 20 heavy (non-hydrogen) atoms. The lowest BCUT2D eigenvalue weighted by molar-refractivity contribution is 0.396. The maximum atomic E-state index is 4.29. The first-order valence-electron chi connectivity index (χ1n) is 6.56. The van der Waals surface area contributed by atoms with Gasteiger partial charge in [0.15, 0.2) is 0 Å². The molecule has 0 atom stereocenters. The molecule has 0 aliphatic rings. The van der Waals surface area contributed by atoms with Crippen LogP contribution in [0, 0.1) is 0 Å². The number of aromatic nitrogens is 6. The van der Waals surface area contributed by atoms with Crippen LogP contribution in [0.4, 0.5) is 0 Å². The summed E-state index contributed by atoms with van der Waals surface area (Å²) in [7, 11) is 1.99. The Kier molecular flexibility index (Phi) is 4.77. The molecule has 2 aromatic rings. The van der Waals surface area contributed by atoms with Gasteiger partial charge in [-0.2, -0.15) is 0 Å². The fraction of sp³-hybridized carbons (Fsp3) is 0.667. The minimum Gasteiger partial charge on any atom is -0.337 e. The van der Waals surface area contributed by atoms with Crippen LogP contribution in [0.3, 0.4) is 0 Å². The van der Waals surface area contributed by atoms with Gasteiger partial charge in [-0.15, -0.1) is 5.10 Å². The quantitative estimate of drug-likeness (QED) is 0.804. The molecular formula is C12H21N7S. The molecule has 2 heterocycles. The molecule has 0 unspecified atom stereocenters. The number of thioether (sulfide) groups is 1. The second-order valence-electron chi connectivity index (χ2n) is 5.60. The average Bonchev–Trinajstić information content (AvgIpc) is 2.94. The van der Waals surface area contributed by atoms with Gasteiger partial charge in [-0.05, 0) is 31.2 Å². The first-order valence-corrected chi connectivity index (χ1v) is 7.54. The summed E-state index contributed by atoms with van der Waals surface area (Å²) in [6.45, 7) is 8.02. The Morgan fingerprint density at radius 1 is 1.35 bits per heavy atom. The molecule has 8 heteroatoms. The van der Waals surface area contributed by atoms with Gasteiger partial charge in [0.05, 0.1) is 12.3 Å². The number of hydrogen-bond acceptors (Lipinski definition) is 6. The van der Waals surface area contributed by atoms with E-state index in [-0.39, 0.29) is 5.54 Å². The van der Waals surface area contributed by atoms with Crippen molar-refractivity contribution in [1.29, 1.82) is 0 Å². The fourth-order valence-electron chi connectivity index (χ4n) is 1.64. The van der Waals surface area contributed by atoms with Gasteiger partial charge in [0.2, 0.25) is 5.16 Å². The summed E-state index contributed by atoms with van der Waals surface area (Å²) in [6.07, 6.45) is 3.73. The van der Waals surface area contributed by atoms with E-state index in [0.29, 0.717) is 0 Å². The summed E-state index contributed by atoms with van der Waals surface area (Å²) < 4.78 is 3.83. The molecule has 1 N–H and O–H groups in total. The third-order valence-corrected chi connectivity index (χ3v) is 3.68. The summed E-state index contributed by atoms with van der Waals surface area (Å²) in [4.78, 5) is 4.29. The molecule has 2 rings (SSSR count). The van der Waals surface area contributed by atoms with E-state index in [2.05, 4.69) is 46.6 Å². The van der Waals surface area contributed by atoms with Crippen LogP contribution in [0.1, 0.15) is 26.6 Å². The van der Waals surface area contributed by atoms with E-state index in [1.807, 2.05) is 22.5 Å². The molecule has 0 aliphatic heterocycles. The number of aryl methyl sites for hydroxylation is 1. The van der Waals surface area contributed by atoms with E-state index >= 15 is 0 Å². The van der Waals surface area contributed by atoms with Crippen molar-refractivity contribution >= 4 is 11.8 Å². The third kappa shape index (κ3) is 4.31. The zero-order chi connectivity index (χ0) is 14.6. The highest BCUT2D eigenvalue weighted by molar-refractivity contribution is 7.98. The predicted octanol–water partition coefficient (Wildman–Crippen LogP) is 1.09. The van der Waals surface area contributed by atoms with Crippen LogP contribution in [0.2, 0.25) is 0 Å². The van der Waals surface area contributed by atoms with Gasteiger partial charge >= 0.3 is 0 Å². The van der Waals surface area contributed by atoms with E-state index in [4.69, 9.17) is 0 Å². The predicted molar refractivity (Wildman–Crippen MR) is 78.3 cm³/mol. The van der Waals surface area contributed by atoms with E-state index < -0.39 is 0 Å². The zero-order valence-electron chi connectivity index (χ0n) is 12.4. The lowest BCUT2D eigenvalue weighted by atomic mass is 10.1. The topological polar surface area (TPSA) is 73.5 Å². The molecule has 0 spiro atoms. The first kappa shape index (κ1) is 15.0. The number of nitrogens with one attached hydrogen (secondary N) is 1. The number of rotatable bonds is 6. The van der Waals surface area contributed by atoms with Crippen molar-refractivity contribution in [2.45, 2.75) is 43.8 Å². The summed E-state index contributed by atoms with van der Waals surface area (Å²) in [6, 6.07) is 0. The van der Waals surface area contributed by atoms with Gasteiger partial charge in [-0.25, -0.2) is 9.67 Å². The molecule has 0 fully saturated rings. The van der Waals surface area contributed by atoms with Crippen molar-refractivity contribution in [3.05, 3.63) is 18.2 Å². The molecule has 0 aromatic carbocycles. The largest absolute Gasteiger partial charge is 0.337 e. The van der Waals surface area contributed by atoms with Gasteiger partial charge in [0.1, 0.15) is 5.82 Å². The highest BCUT2D eigenvalue weighted by atomic mass is 32.2. The number of tetrazole rings is 1. The summed E-state index contributed by atoms with van der Waals surface area (Å²) in [5.41, 5.74) is 0.105. The SMILES string of the molecule is Cn1ccnc1CSc1nnnn1CCNC(C)(C)C. The van der Waals surface area contributed by atoms with Crippen LogP contribution >= 0.6 is 11.8 Å². The lowest BCUT2D eigenvalue weighted by Crippen LogP contribution is -2.38. The Hall–Kier alpha value is -1.41. The van der Waals surface area contributed by atoms with Crippen LogP contribution in [0.25, 0.3) is 0 Å². The third-order valence-electron chi connectivity index (χ3n) is 2.73. The van der Waals surface area contributed by atoms with Gasteiger partial charge in [0, 0.05) is 31.5 Å². The Morgan fingerprint density at radius 3 is 2.80 bits per heavy atom. The van der Waals surface area contributed by atoms with Gasteiger partial charge < -0.3 is 9.88 Å². The maximum absolute atomic E-state index is 4.29. The second kappa shape index (κ2) is 6.36. The lowest BCUT2D eigenvalue weighted by Gasteiger charge is -2.20. The summed E-state index contributed by atoms with van der Waals surface area (Å²) in [5.74, 6) is 1.77. The van der Waals surface area contributed by atoms with Crippen molar-refractivity contribution < 1.29 is 0 Å². The monoisotopic (exact) mass is 295 g/mol. The van der Waals surface area contributed by atoms with Crippen LogP contribution < -0.4 is 5.32 Å². The molecule has 0 saturated carbocycles. The molecule has 0 saturated heterocycles. The highest BCUT2D eigenvalue weighted by Gasteiger charge is 2.11. The summed E-state index contributed by atoms with van der Waals surface area (Å²) >= 11 is 1.60. The van der Waals surface area contributed by atoms with E-state index in [9.17, 15) is 0 Å². The highest BCUT2D eigenvalue weighted by Crippen LogP contribution is 2.18. The molecule has 2 aromatic heterocycles. The van der Waals surface area contributed by atoms with Crippen molar-refractivity contribution in [2.24, 2.45) is 7.05 Å². The summed E-state index contributed by atoms with van der Waals surface area (Å²) in [5, 5.41) is 16.1. The molecule has 0 aliphatic carbocycles. The zero-order valence-corrected chi connectivity index (χ0v) is 13.2. The van der Waals surface area contributed by atoms with Crippen LogP contribution in [-0.4, -0.2) is 41.8 Å². The van der Waals surface area contributed by atoms with Gasteiger partial charge in [-0.1, -0.05) is 11.8 Å². The normalized spacial score (nSPS) is 12.0. The fourth-order valence-corrected chi connectivity index (χ4v) is 2.55. The molecule has 0 amide bonds. The van der Waals surface area contributed by atoms with Gasteiger partial charge in [0.25, 0.3) is 0 Å². The minimum atomic E-state index is 0.105. The second-order valence-corrected chi connectivity index (χ2v) is 6.55. The van der Waals surface area contributed by atoms with Crippen LogP contribution in [-0.2, 0) is 19.3 Å². The molecule has 110 valence electrons. The molecule has 0 radical (unpaired) electrons. The molecular weight excluding hydrogens is 274 g/mol. The number of nitrogens with zero attached hydrogens (tertiary/aromatic N) is 6. The number of imidazole rings is 1. The molecule has 7 nitrogen and oxygen atoms in total. The Bertz CT molecular complexity index is 540. The van der Waals surface area contributed by atoms with Crippen molar-refractivity contribution in [3.63, 3.8) is 0 Å². The minimum absolute atomic E-state index is 0.105. The van der Waals surface area contributed by atoms with E-state index in [1.165, 1.54) is 0 Å².